The van der Waals surface area contributed by atoms with Gasteiger partial charge < -0.3 is 5.11 Å². The van der Waals surface area contributed by atoms with Crippen LogP contribution in [-0.4, -0.2) is 5.11 Å². The lowest BCUT2D eigenvalue weighted by atomic mass is 10.0. The molecule has 1 aromatic rings. The van der Waals surface area contributed by atoms with Crippen molar-refractivity contribution >= 4 is 15.9 Å². The summed E-state index contributed by atoms with van der Waals surface area (Å²) in [6.45, 7) is 5.67. The molecule has 1 N–H and O–H groups in total. The molecule has 3 heteroatoms. The van der Waals surface area contributed by atoms with Crippen LogP contribution in [-0.2, 0) is 0 Å². The topological polar surface area (TPSA) is 20.2 Å². The van der Waals surface area contributed by atoms with Crippen LogP contribution in [0, 0.1) is 5.82 Å². The summed E-state index contributed by atoms with van der Waals surface area (Å²) in [5.74, 6) is -0.331. The quantitative estimate of drug-likeness (QED) is 0.823. The molecule has 1 unspecified atom stereocenters. The van der Waals surface area contributed by atoms with Crippen molar-refractivity contribution in [2.75, 3.05) is 0 Å². The van der Waals surface area contributed by atoms with Crippen molar-refractivity contribution in [3.63, 3.8) is 0 Å². The van der Waals surface area contributed by atoms with Gasteiger partial charge in [0, 0.05) is 4.47 Å². The molecule has 0 aromatic heterocycles. The highest BCUT2D eigenvalue weighted by molar-refractivity contribution is 9.10. The third-order valence-electron chi connectivity index (χ3n) is 2.16. The van der Waals surface area contributed by atoms with Crippen LogP contribution in [0.25, 0.3) is 0 Å². The summed E-state index contributed by atoms with van der Waals surface area (Å²) in [5.41, 5.74) is 1.61. The fourth-order valence-corrected chi connectivity index (χ4v) is 1.82. The minimum absolute atomic E-state index is 0.331. The molecule has 1 atom stereocenters. The Balaban J connectivity index is 2.76. The van der Waals surface area contributed by atoms with E-state index in [1.165, 1.54) is 12.1 Å². The van der Waals surface area contributed by atoms with Crippen molar-refractivity contribution in [2.24, 2.45) is 0 Å². The van der Waals surface area contributed by atoms with E-state index in [0.29, 0.717) is 12.0 Å². The molecule has 0 heterocycles. The van der Waals surface area contributed by atoms with E-state index in [2.05, 4.69) is 22.5 Å². The maximum absolute atomic E-state index is 13.0. The molecule has 1 aromatic carbocycles. The van der Waals surface area contributed by atoms with E-state index in [1.807, 2.05) is 6.92 Å². The van der Waals surface area contributed by atoms with Gasteiger partial charge in [0.2, 0.25) is 0 Å². The SMILES string of the molecule is C=C(C)CCC(O)c1cc(F)ccc1Br. The van der Waals surface area contributed by atoms with Gasteiger partial charge >= 0.3 is 0 Å². The fraction of sp³-hybridized carbons (Fsp3) is 0.333. The molecule has 0 spiro atoms. The summed E-state index contributed by atoms with van der Waals surface area (Å²) in [4.78, 5) is 0. The number of halogens is 2. The van der Waals surface area contributed by atoms with Gasteiger partial charge in [0.25, 0.3) is 0 Å². The first-order valence-corrected chi connectivity index (χ1v) is 5.57. The van der Waals surface area contributed by atoms with Crippen LogP contribution in [0.3, 0.4) is 0 Å². The normalized spacial score (nSPS) is 12.5. The average molecular weight is 273 g/mol. The first kappa shape index (κ1) is 12.4. The predicted octanol–water partition coefficient (Wildman–Crippen LogP) is 3.98. The van der Waals surface area contributed by atoms with Crippen molar-refractivity contribution < 1.29 is 9.50 Å². The second kappa shape index (κ2) is 5.42. The number of hydrogen-bond donors (Lipinski definition) is 1. The largest absolute Gasteiger partial charge is 0.388 e. The summed E-state index contributed by atoms with van der Waals surface area (Å²) >= 11 is 3.29. The fourth-order valence-electron chi connectivity index (χ4n) is 1.31. The summed E-state index contributed by atoms with van der Waals surface area (Å²) in [6, 6.07) is 4.32. The van der Waals surface area contributed by atoms with Crippen LogP contribution in [0.5, 0.6) is 0 Å². The van der Waals surface area contributed by atoms with Crippen molar-refractivity contribution in [1.29, 1.82) is 0 Å². The zero-order valence-corrected chi connectivity index (χ0v) is 10.2. The van der Waals surface area contributed by atoms with Gasteiger partial charge in [-0.15, -0.1) is 6.58 Å². The van der Waals surface area contributed by atoms with E-state index in [-0.39, 0.29) is 5.82 Å². The van der Waals surface area contributed by atoms with Gasteiger partial charge in [-0.25, -0.2) is 4.39 Å². The maximum Gasteiger partial charge on any atom is 0.123 e. The first-order chi connectivity index (χ1) is 7.00. The summed E-state index contributed by atoms with van der Waals surface area (Å²) in [5, 5.41) is 9.84. The van der Waals surface area contributed by atoms with Crippen molar-refractivity contribution in [2.45, 2.75) is 25.9 Å². The Morgan fingerprint density at radius 3 is 2.87 bits per heavy atom. The number of aliphatic hydroxyl groups excluding tert-OH is 1. The number of benzene rings is 1. The molecule has 0 fully saturated rings. The maximum atomic E-state index is 13.0. The number of aliphatic hydroxyl groups is 1. The van der Waals surface area contributed by atoms with Crippen LogP contribution < -0.4 is 0 Å². The highest BCUT2D eigenvalue weighted by Gasteiger charge is 2.11. The van der Waals surface area contributed by atoms with E-state index < -0.39 is 6.10 Å². The van der Waals surface area contributed by atoms with Crippen LogP contribution in [0.15, 0.2) is 34.8 Å². The van der Waals surface area contributed by atoms with Crippen molar-refractivity contribution in [3.05, 3.63) is 46.2 Å². The van der Waals surface area contributed by atoms with Gasteiger partial charge in [-0.3, -0.25) is 0 Å². The van der Waals surface area contributed by atoms with E-state index >= 15 is 0 Å². The Labute approximate surface area is 97.8 Å². The van der Waals surface area contributed by atoms with Crippen LogP contribution in [0.2, 0.25) is 0 Å². The zero-order chi connectivity index (χ0) is 11.4. The average Bonchev–Trinajstić information content (AvgIpc) is 2.18. The third-order valence-corrected chi connectivity index (χ3v) is 2.88. The number of hydrogen-bond acceptors (Lipinski definition) is 1. The number of allylic oxidation sites excluding steroid dienone is 1. The second-order valence-corrected chi connectivity index (χ2v) is 4.53. The monoisotopic (exact) mass is 272 g/mol. The highest BCUT2D eigenvalue weighted by atomic mass is 79.9. The minimum atomic E-state index is -0.647. The molecule has 0 bridgehead atoms. The Kier molecular flexibility index (Phi) is 4.48. The van der Waals surface area contributed by atoms with E-state index in [9.17, 15) is 9.50 Å². The van der Waals surface area contributed by atoms with Crippen LogP contribution in [0.1, 0.15) is 31.4 Å². The molecule has 0 saturated carbocycles. The van der Waals surface area contributed by atoms with E-state index in [0.717, 1.165) is 16.5 Å². The van der Waals surface area contributed by atoms with Crippen molar-refractivity contribution in [3.8, 4) is 0 Å². The second-order valence-electron chi connectivity index (χ2n) is 3.68. The molecule has 0 saturated heterocycles. The molecule has 1 nitrogen and oxygen atoms in total. The molecule has 0 aliphatic heterocycles. The highest BCUT2D eigenvalue weighted by Crippen LogP contribution is 2.27. The molecular weight excluding hydrogens is 259 g/mol. The van der Waals surface area contributed by atoms with Crippen LogP contribution in [0.4, 0.5) is 4.39 Å². The van der Waals surface area contributed by atoms with Crippen molar-refractivity contribution in [1.82, 2.24) is 0 Å². The van der Waals surface area contributed by atoms with E-state index in [4.69, 9.17) is 0 Å². The third kappa shape index (κ3) is 3.76. The van der Waals surface area contributed by atoms with Gasteiger partial charge in [-0.05, 0) is 43.5 Å². The molecule has 15 heavy (non-hydrogen) atoms. The van der Waals surface area contributed by atoms with E-state index in [1.54, 1.807) is 6.07 Å². The lowest BCUT2D eigenvalue weighted by Crippen LogP contribution is -1.99. The van der Waals surface area contributed by atoms with Gasteiger partial charge in [-0.1, -0.05) is 21.5 Å². The Bertz CT molecular complexity index is 363. The standard InChI is InChI=1S/C12H14BrFO/c1-8(2)3-6-12(15)10-7-9(14)4-5-11(10)13/h4-5,7,12,15H,1,3,6H2,2H3. The molecular formula is C12H14BrFO. The lowest BCUT2D eigenvalue weighted by molar-refractivity contribution is 0.166. The molecule has 1 rings (SSSR count). The predicted molar refractivity (Wildman–Crippen MR) is 63.1 cm³/mol. The van der Waals surface area contributed by atoms with Gasteiger partial charge in [0.1, 0.15) is 5.82 Å². The Hall–Kier alpha value is -0.670. The summed E-state index contributed by atoms with van der Waals surface area (Å²) in [6.07, 6.45) is 0.661. The lowest BCUT2D eigenvalue weighted by Gasteiger charge is -2.12. The molecule has 0 radical (unpaired) electrons. The van der Waals surface area contributed by atoms with Gasteiger partial charge in [0.05, 0.1) is 6.10 Å². The smallest absolute Gasteiger partial charge is 0.123 e. The summed E-state index contributed by atoms with van der Waals surface area (Å²) in [7, 11) is 0. The molecule has 0 amide bonds. The van der Waals surface area contributed by atoms with Gasteiger partial charge in [0.15, 0.2) is 0 Å². The minimum Gasteiger partial charge on any atom is -0.388 e. The number of rotatable bonds is 4. The zero-order valence-electron chi connectivity index (χ0n) is 8.63. The molecule has 82 valence electrons. The summed E-state index contributed by atoms with van der Waals surface area (Å²) < 4.78 is 13.7. The Morgan fingerprint density at radius 2 is 2.27 bits per heavy atom. The molecule has 0 aliphatic carbocycles. The molecule has 0 aliphatic rings. The van der Waals surface area contributed by atoms with Gasteiger partial charge in [-0.2, -0.15) is 0 Å². The van der Waals surface area contributed by atoms with Crippen LogP contribution >= 0.6 is 15.9 Å². The Morgan fingerprint density at radius 1 is 1.60 bits per heavy atom. The first-order valence-electron chi connectivity index (χ1n) is 4.78.